The Bertz CT molecular complexity index is 1400. The van der Waals surface area contributed by atoms with E-state index in [-0.39, 0.29) is 11.8 Å². The Morgan fingerprint density at radius 2 is 1.39 bits per heavy atom. The van der Waals surface area contributed by atoms with Crippen molar-refractivity contribution in [3.05, 3.63) is 84.1 Å². The van der Waals surface area contributed by atoms with Crippen LogP contribution in [0.2, 0.25) is 0 Å². The van der Waals surface area contributed by atoms with Crippen LogP contribution in [-0.4, -0.2) is 40.9 Å². The lowest BCUT2D eigenvalue weighted by molar-refractivity contribution is -0.122. The highest BCUT2D eigenvalue weighted by Gasteiger charge is 2.34. The van der Waals surface area contributed by atoms with Crippen LogP contribution in [0.4, 0.5) is 0 Å². The van der Waals surface area contributed by atoms with E-state index in [1.54, 1.807) is 0 Å². The highest BCUT2D eigenvalue weighted by Crippen LogP contribution is 2.38. The Morgan fingerprint density at radius 1 is 0.758 bits per heavy atom. The van der Waals surface area contributed by atoms with Crippen LogP contribution < -0.4 is 5.32 Å². The maximum atomic E-state index is 13.1. The molecule has 33 heavy (non-hydrogen) atoms. The summed E-state index contributed by atoms with van der Waals surface area (Å²) in [6, 6.07) is 21.9. The van der Waals surface area contributed by atoms with Crippen molar-refractivity contribution in [1.82, 2.24) is 14.8 Å². The maximum Gasteiger partial charge on any atom is 0.259 e. The van der Waals surface area contributed by atoms with Gasteiger partial charge in [-0.1, -0.05) is 74.5 Å². The quantitative estimate of drug-likeness (QED) is 0.426. The molecule has 5 rings (SSSR count). The van der Waals surface area contributed by atoms with Gasteiger partial charge in [-0.05, 0) is 35.5 Å². The highest BCUT2D eigenvalue weighted by atomic mass is 16.2. The smallest absolute Gasteiger partial charge is 0.259 e. The Hall–Kier alpha value is -3.70. The molecule has 166 valence electrons. The summed E-state index contributed by atoms with van der Waals surface area (Å²) in [5.74, 6) is -0.680. The maximum absolute atomic E-state index is 13.1. The molecule has 5 nitrogen and oxygen atoms in total. The molecule has 2 heterocycles. The predicted octanol–water partition coefficient (Wildman–Crippen LogP) is 4.70. The number of rotatable bonds is 7. The molecule has 1 aliphatic rings. The topological polar surface area (TPSA) is 54.3 Å². The van der Waals surface area contributed by atoms with Crippen molar-refractivity contribution >= 4 is 44.6 Å². The standard InChI is InChI=1S/C28H27N3O2/c1-3-30(4-2)16-17-31-18-23(21-13-7-8-15-24(21)31)26-25(27(32)29-28(26)33)22-14-9-11-19-10-5-6-12-20(19)22/h5-15,18H,3-4,16-17H2,1-2H3,(H,29,32,33). The molecule has 0 saturated carbocycles. The average molecular weight is 438 g/mol. The molecule has 0 fully saturated rings. The number of carbonyl (C=O) groups excluding carboxylic acids is 2. The van der Waals surface area contributed by atoms with Crippen molar-refractivity contribution in [2.45, 2.75) is 20.4 Å². The number of hydrogen-bond acceptors (Lipinski definition) is 3. The van der Waals surface area contributed by atoms with E-state index in [9.17, 15) is 9.59 Å². The summed E-state index contributed by atoms with van der Waals surface area (Å²) in [5, 5.41) is 5.53. The minimum atomic E-state index is -0.341. The Morgan fingerprint density at radius 3 is 2.15 bits per heavy atom. The van der Waals surface area contributed by atoms with Crippen molar-refractivity contribution < 1.29 is 9.59 Å². The van der Waals surface area contributed by atoms with Gasteiger partial charge in [0.15, 0.2) is 0 Å². The minimum Gasteiger partial charge on any atom is -0.346 e. The molecular formula is C28H27N3O2. The Balaban J connectivity index is 1.71. The summed E-state index contributed by atoms with van der Waals surface area (Å²) in [6.45, 7) is 8.06. The van der Waals surface area contributed by atoms with Gasteiger partial charge in [-0.15, -0.1) is 0 Å². The van der Waals surface area contributed by atoms with Crippen LogP contribution in [0.1, 0.15) is 25.0 Å². The molecule has 1 aliphatic heterocycles. The summed E-state index contributed by atoms with van der Waals surface area (Å²) in [4.78, 5) is 28.5. The lowest BCUT2D eigenvalue weighted by Crippen LogP contribution is -2.26. The van der Waals surface area contributed by atoms with Gasteiger partial charge >= 0.3 is 0 Å². The van der Waals surface area contributed by atoms with Crippen molar-refractivity contribution in [2.24, 2.45) is 0 Å². The zero-order chi connectivity index (χ0) is 22.9. The van der Waals surface area contributed by atoms with E-state index < -0.39 is 0 Å². The number of aromatic nitrogens is 1. The van der Waals surface area contributed by atoms with Gasteiger partial charge in [0.1, 0.15) is 0 Å². The van der Waals surface area contributed by atoms with Crippen LogP contribution in [0.5, 0.6) is 0 Å². The molecule has 2 amide bonds. The molecule has 0 spiro atoms. The number of imide groups is 1. The summed E-state index contributed by atoms with van der Waals surface area (Å²) < 4.78 is 2.20. The predicted molar refractivity (Wildman–Crippen MR) is 134 cm³/mol. The molecule has 1 aromatic heterocycles. The lowest BCUT2D eigenvalue weighted by atomic mass is 9.92. The first-order valence-corrected chi connectivity index (χ1v) is 11.5. The second kappa shape index (κ2) is 8.68. The van der Waals surface area contributed by atoms with E-state index in [2.05, 4.69) is 34.7 Å². The third kappa shape index (κ3) is 3.64. The van der Waals surface area contributed by atoms with Crippen molar-refractivity contribution in [1.29, 1.82) is 0 Å². The molecule has 0 aliphatic carbocycles. The molecule has 0 unspecified atom stereocenters. The van der Waals surface area contributed by atoms with Gasteiger partial charge < -0.3 is 9.47 Å². The molecule has 0 radical (unpaired) electrons. The van der Waals surface area contributed by atoms with E-state index in [1.807, 2.05) is 66.9 Å². The van der Waals surface area contributed by atoms with Crippen molar-refractivity contribution in [3.63, 3.8) is 0 Å². The molecular weight excluding hydrogens is 410 g/mol. The molecule has 3 aromatic carbocycles. The number of carbonyl (C=O) groups is 2. The summed E-state index contributed by atoms with van der Waals surface area (Å²) in [7, 11) is 0. The Labute approximate surface area is 193 Å². The van der Waals surface area contributed by atoms with Gasteiger partial charge in [-0.2, -0.15) is 0 Å². The van der Waals surface area contributed by atoms with Crippen molar-refractivity contribution in [3.8, 4) is 0 Å². The average Bonchev–Trinajstić information content (AvgIpc) is 3.35. The zero-order valence-electron chi connectivity index (χ0n) is 19.0. The number of para-hydroxylation sites is 1. The van der Waals surface area contributed by atoms with E-state index in [1.165, 1.54) is 0 Å². The first-order chi connectivity index (χ1) is 16.1. The number of hydrogen-bond donors (Lipinski definition) is 1. The van der Waals surface area contributed by atoms with E-state index >= 15 is 0 Å². The van der Waals surface area contributed by atoms with Crippen molar-refractivity contribution in [2.75, 3.05) is 19.6 Å². The number of fused-ring (bicyclic) bond motifs is 2. The highest BCUT2D eigenvalue weighted by molar-refractivity contribution is 6.50. The van der Waals surface area contributed by atoms with E-state index in [0.29, 0.717) is 11.1 Å². The van der Waals surface area contributed by atoms with E-state index in [4.69, 9.17) is 0 Å². The normalized spacial score (nSPS) is 14.2. The number of nitrogens with zero attached hydrogens (tertiary/aromatic N) is 2. The molecule has 0 saturated heterocycles. The number of likely N-dealkylation sites (N-methyl/N-ethyl adjacent to an activating group) is 1. The molecule has 5 heteroatoms. The molecule has 0 atom stereocenters. The number of benzene rings is 3. The largest absolute Gasteiger partial charge is 0.346 e. The fraction of sp³-hybridized carbons (Fsp3) is 0.214. The second-order valence-electron chi connectivity index (χ2n) is 8.34. The van der Waals surface area contributed by atoms with Crippen LogP contribution >= 0.6 is 0 Å². The van der Waals surface area contributed by atoms with Gasteiger partial charge in [0.2, 0.25) is 0 Å². The zero-order valence-corrected chi connectivity index (χ0v) is 19.0. The van der Waals surface area contributed by atoms with Gasteiger partial charge in [0.05, 0.1) is 11.1 Å². The SMILES string of the molecule is CCN(CC)CCn1cc(C2=C(c3cccc4ccccc34)C(=O)NC2=O)c2ccccc21. The summed E-state index contributed by atoms with van der Waals surface area (Å²) in [6.07, 6.45) is 2.03. The van der Waals surface area contributed by atoms with Crippen LogP contribution in [0.3, 0.4) is 0 Å². The first kappa shape index (κ1) is 21.2. The lowest BCUT2D eigenvalue weighted by Gasteiger charge is -2.18. The summed E-state index contributed by atoms with van der Waals surface area (Å²) >= 11 is 0. The Kier molecular flexibility index (Phi) is 5.56. The van der Waals surface area contributed by atoms with Crippen LogP contribution in [0, 0.1) is 0 Å². The van der Waals surface area contributed by atoms with Gasteiger partial charge in [-0.25, -0.2) is 0 Å². The number of amides is 2. The molecule has 0 bridgehead atoms. The molecule has 4 aromatic rings. The van der Waals surface area contributed by atoms with Crippen LogP contribution in [-0.2, 0) is 16.1 Å². The van der Waals surface area contributed by atoms with Gasteiger partial charge in [0.25, 0.3) is 11.8 Å². The first-order valence-electron chi connectivity index (χ1n) is 11.5. The van der Waals surface area contributed by atoms with Gasteiger partial charge in [-0.3, -0.25) is 14.9 Å². The fourth-order valence-electron chi connectivity index (χ4n) is 4.83. The van der Waals surface area contributed by atoms with Crippen LogP contribution in [0.25, 0.3) is 32.8 Å². The van der Waals surface area contributed by atoms with E-state index in [0.717, 1.165) is 59.0 Å². The second-order valence-corrected chi connectivity index (χ2v) is 8.34. The molecule has 1 N–H and O–H groups in total. The third-order valence-corrected chi connectivity index (χ3v) is 6.60. The van der Waals surface area contributed by atoms with Gasteiger partial charge in [0, 0.05) is 35.8 Å². The number of nitrogens with one attached hydrogen (secondary N) is 1. The third-order valence-electron chi connectivity index (χ3n) is 6.60. The summed E-state index contributed by atoms with van der Waals surface area (Å²) in [5.41, 5.74) is 3.55. The monoisotopic (exact) mass is 437 g/mol. The minimum absolute atomic E-state index is 0.338. The fourth-order valence-corrected chi connectivity index (χ4v) is 4.83. The van der Waals surface area contributed by atoms with Crippen LogP contribution in [0.15, 0.2) is 72.9 Å².